The molecule has 0 aromatic heterocycles. The van der Waals surface area contributed by atoms with E-state index in [9.17, 15) is 0 Å². The molecule has 1 aromatic carbocycles. The zero-order valence-corrected chi connectivity index (χ0v) is 13.7. The first-order chi connectivity index (χ1) is 10.1. The first kappa shape index (κ1) is 14.9. The van der Waals surface area contributed by atoms with Crippen LogP contribution in [0.5, 0.6) is 0 Å². The molecule has 0 fully saturated rings. The number of benzene rings is 1. The summed E-state index contributed by atoms with van der Waals surface area (Å²) in [5.41, 5.74) is 6.90. The SMILES string of the molecule is CC(c1c(Cl)cccc1Cl)N1CCNC2=C1C=C(Cl)[NH2+]N2. The second-order valence-corrected chi connectivity index (χ2v) is 6.26. The summed E-state index contributed by atoms with van der Waals surface area (Å²) in [6, 6.07) is 5.65. The predicted octanol–water partition coefficient (Wildman–Crippen LogP) is 2.29. The number of quaternary nitrogens is 1. The quantitative estimate of drug-likeness (QED) is 0.569. The molecule has 0 saturated carbocycles. The maximum absolute atomic E-state index is 6.34. The number of nitrogens with zero attached hydrogens (tertiary/aromatic N) is 1. The van der Waals surface area contributed by atoms with Gasteiger partial charge in [0.05, 0.1) is 11.7 Å². The van der Waals surface area contributed by atoms with E-state index in [1.165, 1.54) is 0 Å². The molecular weight excluding hydrogens is 331 g/mol. The molecule has 0 spiro atoms. The molecule has 4 N–H and O–H groups in total. The van der Waals surface area contributed by atoms with Crippen molar-refractivity contribution in [2.24, 2.45) is 0 Å². The van der Waals surface area contributed by atoms with Gasteiger partial charge in [0.1, 0.15) is 0 Å². The fourth-order valence-electron chi connectivity index (χ4n) is 2.72. The van der Waals surface area contributed by atoms with E-state index in [4.69, 9.17) is 34.8 Å². The molecule has 0 bridgehead atoms. The summed E-state index contributed by atoms with van der Waals surface area (Å²) in [4.78, 5) is 2.25. The molecule has 1 unspecified atom stereocenters. The number of nitrogens with one attached hydrogen (secondary N) is 2. The molecule has 1 aromatic rings. The number of rotatable bonds is 2. The number of hydrogen-bond acceptors (Lipinski definition) is 3. The van der Waals surface area contributed by atoms with Crippen molar-refractivity contribution in [3.05, 3.63) is 56.6 Å². The van der Waals surface area contributed by atoms with Gasteiger partial charge in [0.15, 0.2) is 5.82 Å². The van der Waals surface area contributed by atoms with Gasteiger partial charge in [-0.1, -0.05) is 29.3 Å². The van der Waals surface area contributed by atoms with E-state index in [1.807, 2.05) is 24.3 Å². The minimum Gasteiger partial charge on any atom is -0.364 e. The Morgan fingerprint density at radius 2 is 1.95 bits per heavy atom. The molecule has 2 aliphatic heterocycles. The summed E-state index contributed by atoms with van der Waals surface area (Å²) in [5, 5.41) is 5.36. The van der Waals surface area contributed by atoms with Crippen molar-refractivity contribution < 1.29 is 5.43 Å². The second-order valence-electron chi connectivity index (χ2n) is 5.01. The third-order valence-electron chi connectivity index (χ3n) is 3.73. The molecule has 0 amide bonds. The summed E-state index contributed by atoms with van der Waals surface area (Å²) in [6.07, 6.45) is 1.95. The van der Waals surface area contributed by atoms with Crippen LogP contribution in [0.1, 0.15) is 18.5 Å². The van der Waals surface area contributed by atoms with Crippen LogP contribution in [0.15, 0.2) is 40.9 Å². The lowest BCUT2D eigenvalue weighted by molar-refractivity contribution is -0.652. The van der Waals surface area contributed by atoms with Gasteiger partial charge < -0.3 is 10.2 Å². The van der Waals surface area contributed by atoms with Crippen molar-refractivity contribution in [3.8, 4) is 0 Å². The number of halogens is 3. The van der Waals surface area contributed by atoms with Gasteiger partial charge in [0.25, 0.3) is 0 Å². The Bertz CT molecular complexity index is 606. The van der Waals surface area contributed by atoms with Gasteiger partial charge in [-0.05, 0) is 30.7 Å². The number of hydrogen-bond donors (Lipinski definition) is 3. The Balaban J connectivity index is 1.99. The van der Waals surface area contributed by atoms with Crippen molar-refractivity contribution in [2.45, 2.75) is 13.0 Å². The van der Waals surface area contributed by atoms with Gasteiger partial charge in [0.2, 0.25) is 5.16 Å². The molecule has 1 atom stereocenters. The van der Waals surface area contributed by atoms with Gasteiger partial charge in [-0.15, -0.1) is 0 Å². The largest absolute Gasteiger partial charge is 0.364 e. The van der Waals surface area contributed by atoms with Crippen molar-refractivity contribution in [1.29, 1.82) is 0 Å². The molecule has 0 saturated heterocycles. The third kappa shape index (κ3) is 2.81. The van der Waals surface area contributed by atoms with Crippen molar-refractivity contribution >= 4 is 34.8 Å². The lowest BCUT2D eigenvalue weighted by atomic mass is 10.0. The van der Waals surface area contributed by atoms with Crippen LogP contribution in [-0.4, -0.2) is 18.0 Å². The first-order valence-electron chi connectivity index (χ1n) is 6.73. The van der Waals surface area contributed by atoms with Crippen LogP contribution in [0.2, 0.25) is 10.0 Å². The first-order valence-corrected chi connectivity index (χ1v) is 7.87. The highest BCUT2D eigenvalue weighted by Crippen LogP contribution is 2.36. The Morgan fingerprint density at radius 1 is 1.24 bits per heavy atom. The van der Waals surface area contributed by atoms with E-state index in [1.54, 1.807) is 5.43 Å². The smallest absolute Gasteiger partial charge is 0.224 e. The van der Waals surface area contributed by atoms with Crippen LogP contribution in [-0.2, 0) is 0 Å². The Morgan fingerprint density at radius 3 is 2.67 bits per heavy atom. The zero-order chi connectivity index (χ0) is 15.0. The lowest BCUT2D eigenvalue weighted by Crippen LogP contribution is -2.92. The maximum atomic E-state index is 6.34. The van der Waals surface area contributed by atoms with Crippen molar-refractivity contribution in [2.75, 3.05) is 13.1 Å². The molecule has 0 aliphatic carbocycles. The Kier molecular flexibility index (Phi) is 4.22. The summed E-state index contributed by atoms with van der Waals surface area (Å²) in [7, 11) is 0. The summed E-state index contributed by atoms with van der Waals surface area (Å²) >= 11 is 18.8. The van der Waals surface area contributed by atoms with E-state index >= 15 is 0 Å². The Hall–Kier alpha value is -1.07. The van der Waals surface area contributed by atoms with Gasteiger partial charge >= 0.3 is 0 Å². The minimum atomic E-state index is 0.0546. The predicted molar refractivity (Wildman–Crippen MR) is 85.6 cm³/mol. The highest BCUT2D eigenvalue weighted by molar-refractivity contribution is 6.36. The molecule has 7 heteroatoms. The van der Waals surface area contributed by atoms with Gasteiger partial charge in [-0.25, -0.2) is 10.9 Å². The fourth-order valence-corrected chi connectivity index (χ4v) is 3.59. The zero-order valence-electron chi connectivity index (χ0n) is 11.5. The Labute approximate surface area is 138 Å². The average Bonchev–Trinajstić information content (AvgIpc) is 2.46. The van der Waals surface area contributed by atoms with Gasteiger partial charge in [-0.2, -0.15) is 0 Å². The highest BCUT2D eigenvalue weighted by atomic mass is 35.5. The molecule has 3 rings (SSSR count). The maximum Gasteiger partial charge on any atom is 0.224 e. The number of nitrogens with two attached hydrogens (primary N) is 1. The van der Waals surface area contributed by atoms with Crippen molar-refractivity contribution in [1.82, 2.24) is 15.6 Å². The van der Waals surface area contributed by atoms with Gasteiger partial charge in [0, 0.05) is 34.8 Å². The molecule has 112 valence electrons. The molecular formula is C14H16Cl3N4+. The van der Waals surface area contributed by atoms with Crippen LogP contribution in [0, 0.1) is 0 Å². The summed E-state index contributed by atoms with van der Waals surface area (Å²) < 4.78 is 0. The monoisotopic (exact) mass is 345 g/mol. The van der Waals surface area contributed by atoms with Crippen molar-refractivity contribution in [3.63, 3.8) is 0 Å². The molecule has 21 heavy (non-hydrogen) atoms. The molecule has 4 nitrogen and oxygen atoms in total. The highest BCUT2D eigenvalue weighted by Gasteiger charge is 2.29. The number of allylic oxidation sites excluding steroid dienone is 1. The second kappa shape index (κ2) is 5.97. The van der Waals surface area contributed by atoms with E-state index in [2.05, 4.69) is 22.6 Å². The fraction of sp³-hybridized carbons (Fsp3) is 0.286. The van der Waals surface area contributed by atoms with Crippen LogP contribution >= 0.6 is 34.8 Å². The minimum absolute atomic E-state index is 0.0546. The van der Waals surface area contributed by atoms with Crippen LogP contribution < -0.4 is 16.2 Å². The lowest BCUT2D eigenvalue weighted by Gasteiger charge is -2.38. The summed E-state index contributed by atoms with van der Waals surface area (Å²) in [6.45, 7) is 3.80. The standard InChI is InChI=1S/C14H15Cl3N4/c1-8(13-9(15)3-2-4-10(13)16)21-6-5-18-14-11(21)7-12(17)19-20-14/h2-4,7-8,18-20H,5-6H2,1H3/p+1. The van der Waals surface area contributed by atoms with E-state index in [0.717, 1.165) is 30.2 Å². The van der Waals surface area contributed by atoms with Crippen LogP contribution in [0.4, 0.5) is 0 Å². The summed E-state index contributed by atoms with van der Waals surface area (Å²) in [5.74, 6) is 0.959. The molecule has 2 heterocycles. The van der Waals surface area contributed by atoms with E-state index in [-0.39, 0.29) is 6.04 Å². The normalized spacial score (nSPS) is 19.4. The van der Waals surface area contributed by atoms with Crippen LogP contribution in [0.3, 0.4) is 0 Å². The van der Waals surface area contributed by atoms with Crippen LogP contribution in [0.25, 0.3) is 0 Å². The molecule has 0 radical (unpaired) electrons. The molecule has 2 aliphatic rings. The van der Waals surface area contributed by atoms with E-state index < -0.39 is 0 Å². The topological polar surface area (TPSA) is 43.9 Å². The average molecular weight is 347 g/mol. The third-order valence-corrected chi connectivity index (χ3v) is 4.61. The van der Waals surface area contributed by atoms with Gasteiger partial charge in [-0.3, -0.25) is 0 Å². The van der Waals surface area contributed by atoms with E-state index in [0.29, 0.717) is 15.2 Å².